The minimum atomic E-state index is -0.536. The molecule has 2 N–H and O–H groups in total. The predicted octanol–water partition coefficient (Wildman–Crippen LogP) is 5.02. The van der Waals surface area contributed by atoms with E-state index in [1.54, 1.807) is 31.2 Å². The SMILES string of the molecule is CCOC(=O)CCCCOc1ccc(-c2noc(-c3ccc(OC(C)C)c(N)c3)n2)c(F)c1. The van der Waals surface area contributed by atoms with Crippen LogP contribution in [0.2, 0.25) is 0 Å². The molecule has 3 aromatic rings. The Morgan fingerprint density at radius 1 is 1.18 bits per heavy atom. The van der Waals surface area contributed by atoms with Gasteiger partial charge in [0.1, 0.15) is 17.3 Å². The zero-order chi connectivity index (χ0) is 23.8. The maximum absolute atomic E-state index is 14.7. The van der Waals surface area contributed by atoms with Crippen LogP contribution in [0.3, 0.4) is 0 Å². The molecule has 176 valence electrons. The number of carbonyl (C=O) groups is 1. The summed E-state index contributed by atoms with van der Waals surface area (Å²) in [5, 5.41) is 3.89. The van der Waals surface area contributed by atoms with Gasteiger partial charge in [0.25, 0.3) is 5.89 Å². The number of unbranched alkanes of at least 4 members (excludes halogenated alkanes) is 1. The van der Waals surface area contributed by atoms with Gasteiger partial charge in [-0.15, -0.1) is 0 Å². The summed E-state index contributed by atoms with van der Waals surface area (Å²) in [7, 11) is 0. The molecule has 9 heteroatoms. The molecule has 3 rings (SSSR count). The van der Waals surface area contributed by atoms with Gasteiger partial charge in [-0.2, -0.15) is 4.98 Å². The first-order valence-electron chi connectivity index (χ1n) is 10.9. The number of halogens is 1. The van der Waals surface area contributed by atoms with Crippen LogP contribution in [0.25, 0.3) is 22.8 Å². The summed E-state index contributed by atoms with van der Waals surface area (Å²) in [6.07, 6.45) is 1.62. The second-order valence-electron chi connectivity index (χ2n) is 7.59. The van der Waals surface area contributed by atoms with Gasteiger partial charge in [0.2, 0.25) is 5.82 Å². The molecule has 0 spiro atoms. The van der Waals surface area contributed by atoms with Crippen molar-refractivity contribution < 1.29 is 27.9 Å². The quantitative estimate of drug-likeness (QED) is 0.243. The third kappa shape index (κ3) is 6.68. The lowest BCUT2D eigenvalue weighted by Crippen LogP contribution is -2.07. The summed E-state index contributed by atoms with van der Waals surface area (Å²) in [6.45, 7) is 6.33. The van der Waals surface area contributed by atoms with E-state index in [9.17, 15) is 9.18 Å². The van der Waals surface area contributed by atoms with Crippen LogP contribution in [0.5, 0.6) is 11.5 Å². The largest absolute Gasteiger partial charge is 0.493 e. The molecule has 0 atom stereocenters. The van der Waals surface area contributed by atoms with Gasteiger partial charge in [-0.05, 0) is 63.9 Å². The number of anilines is 1. The fraction of sp³-hybridized carbons (Fsp3) is 0.375. The molecule has 33 heavy (non-hydrogen) atoms. The van der Waals surface area contributed by atoms with Crippen LogP contribution >= 0.6 is 0 Å². The minimum Gasteiger partial charge on any atom is -0.493 e. The minimum absolute atomic E-state index is 0.00678. The second kappa shape index (κ2) is 11.3. The van der Waals surface area contributed by atoms with Gasteiger partial charge in [0, 0.05) is 18.1 Å². The molecule has 0 fully saturated rings. The van der Waals surface area contributed by atoms with Crippen molar-refractivity contribution in [3.8, 4) is 34.3 Å². The normalized spacial score (nSPS) is 10.9. The van der Waals surface area contributed by atoms with E-state index in [-0.39, 0.29) is 29.4 Å². The van der Waals surface area contributed by atoms with E-state index < -0.39 is 5.82 Å². The Bertz CT molecular complexity index is 1080. The van der Waals surface area contributed by atoms with E-state index in [0.29, 0.717) is 55.2 Å². The summed E-state index contributed by atoms with van der Waals surface area (Å²) in [5.41, 5.74) is 7.27. The average Bonchev–Trinajstić information content (AvgIpc) is 3.25. The summed E-state index contributed by atoms with van der Waals surface area (Å²) < 4.78 is 36.0. The molecule has 0 amide bonds. The number of nitrogen functional groups attached to an aromatic ring is 1. The lowest BCUT2D eigenvalue weighted by Gasteiger charge is -2.12. The van der Waals surface area contributed by atoms with Gasteiger partial charge in [-0.25, -0.2) is 4.39 Å². The molecule has 0 saturated carbocycles. The Hall–Kier alpha value is -3.62. The summed E-state index contributed by atoms with van der Waals surface area (Å²) in [5.74, 6) is 0.515. The summed E-state index contributed by atoms with van der Waals surface area (Å²) in [6, 6.07) is 9.59. The predicted molar refractivity (Wildman–Crippen MR) is 121 cm³/mol. The fourth-order valence-corrected chi connectivity index (χ4v) is 3.05. The molecule has 0 aliphatic carbocycles. The molecule has 2 aromatic carbocycles. The van der Waals surface area contributed by atoms with E-state index >= 15 is 0 Å². The monoisotopic (exact) mass is 457 g/mol. The number of carbonyl (C=O) groups excluding carboxylic acids is 1. The van der Waals surface area contributed by atoms with Crippen LogP contribution in [-0.4, -0.2) is 35.4 Å². The van der Waals surface area contributed by atoms with Crippen LogP contribution in [0.1, 0.15) is 40.0 Å². The third-order valence-electron chi connectivity index (χ3n) is 4.58. The molecule has 0 unspecified atom stereocenters. The van der Waals surface area contributed by atoms with Gasteiger partial charge in [0.05, 0.1) is 30.6 Å². The van der Waals surface area contributed by atoms with Crippen LogP contribution in [-0.2, 0) is 9.53 Å². The van der Waals surface area contributed by atoms with Crippen LogP contribution in [0.15, 0.2) is 40.9 Å². The van der Waals surface area contributed by atoms with Crippen LogP contribution in [0.4, 0.5) is 10.1 Å². The Balaban J connectivity index is 1.61. The molecule has 0 aliphatic heterocycles. The smallest absolute Gasteiger partial charge is 0.305 e. The highest BCUT2D eigenvalue weighted by molar-refractivity contribution is 5.69. The highest BCUT2D eigenvalue weighted by Crippen LogP contribution is 2.31. The van der Waals surface area contributed by atoms with Gasteiger partial charge < -0.3 is 24.5 Å². The molecule has 0 bridgehead atoms. The van der Waals surface area contributed by atoms with Crippen molar-refractivity contribution in [3.05, 3.63) is 42.2 Å². The number of nitrogens with two attached hydrogens (primary N) is 1. The average molecular weight is 458 g/mol. The highest BCUT2D eigenvalue weighted by atomic mass is 19.1. The number of ether oxygens (including phenoxy) is 3. The molecule has 1 aromatic heterocycles. The van der Waals surface area contributed by atoms with Crippen molar-refractivity contribution in [2.24, 2.45) is 0 Å². The van der Waals surface area contributed by atoms with E-state index in [0.717, 1.165) is 0 Å². The Labute approximate surface area is 191 Å². The lowest BCUT2D eigenvalue weighted by atomic mass is 10.1. The van der Waals surface area contributed by atoms with E-state index in [2.05, 4.69) is 10.1 Å². The topological polar surface area (TPSA) is 110 Å². The van der Waals surface area contributed by atoms with Gasteiger partial charge in [-0.3, -0.25) is 4.79 Å². The maximum atomic E-state index is 14.7. The van der Waals surface area contributed by atoms with Crippen molar-refractivity contribution >= 4 is 11.7 Å². The zero-order valence-electron chi connectivity index (χ0n) is 19.0. The highest BCUT2D eigenvalue weighted by Gasteiger charge is 2.16. The molecule has 0 radical (unpaired) electrons. The van der Waals surface area contributed by atoms with Crippen molar-refractivity contribution in [3.63, 3.8) is 0 Å². The molecule has 8 nitrogen and oxygen atoms in total. The van der Waals surface area contributed by atoms with Gasteiger partial charge >= 0.3 is 5.97 Å². The molecule has 0 aliphatic rings. The zero-order valence-corrected chi connectivity index (χ0v) is 19.0. The number of hydrogen-bond donors (Lipinski definition) is 1. The molecule has 0 saturated heterocycles. The van der Waals surface area contributed by atoms with Crippen molar-refractivity contribution in [1.82, 2.24) is 10.1 Å². The number of esters is 1. The van der Waals surface area contributed by atoms with Crippen molar-refractivity contribution in [2.75, 3.05) is 18.9 Å². The van der Waals surface area contributed by atoms with Crippen LogP contribution in [0, 0.1) is 5.82 Å². The van der Waals surface area contributed by atoms with Gasteiger partial charge in [0.15, 0.2) is 0 Å². The number of rotatable bonds is 11. The summed E-state index contributed by atoms with van der Waals surface area (Å²) >= 11 is 0. The lowest BCUT2D eigenvalue weighted by molar-refractivity contribution is -0.143. The van der Waals surface area contributed by atoms with Crippen molar-refractivity contribution in [1.29, 1.82) is 0 Å². The first-order valence-corrected chi connectivity index (χ1v) is 10.9. The summed E-state index contributed by atoms with van der Waals surface area (Å²) in [4.78, 5) is 15.6. The molecular weight excluding hydrogens is 429 g/mol. The third-order valence-corrected chi connectivity index (χ3v) is 4.58. The van der Waals surface area contributed by atoms with Gasteiger partial charge in [-0.1, -0.05) is 5.16 Å². The first-order chi connectivity index (χ1) is 15.9. The Morgan fingerprint density at radius 3 is 2.70 bits per heavy atom. The Kier molecular flexibility index (Phi) is 8.23. The number of benzene rings is 2. The maximum Gasteiger partial charge on any atom is 0.305 e. The fourth-order valence-electron chi connectivity index (χ4n) is 3.05. The van der Waals surface area contributed by atoms with E-state index in [1.807, 2.05) is 13.8 Å². The second-order valence-corrected chi connectivity index (χ2v) is 7.59. The number of nitrogens with zero attached hydrogens (tertiary/aromatic N) is 2. The van der Waals surface area contributed by atoms with E-state index in [1.165, 1.54) is 12.1 Å². The standard InChI is InChI=1S/C24H28FN3O5/c1-4-30-22(29)7-5-6-12-31-17-9-10-18(19(25)14-17)23-27-24(33-28-23)16-8-11-21(20(26)13-16)32-15(2)3/h8-11,13-15H,4-7,12,26H2,1-3H3. The van der Waals surface area contributed by atoms with Crippen molar-refractivity contribution in [2.45, 2.75) is 46.1 Å². The molecular formula is C24H28FN3O5. The number of hydrogen-bond acceptors (Lipinski definition) is 8. The Morgan fingerprint density at radius 2 is 2.00 bits per heavy atom. The molecule has 1 heterocycles. The first kappa shape index (κ1) is 24.0. The van der Waals surface area contributed by atoms with Crippen LogP contribution < -0.4 is 15.2 Å². The number of aromatic nitrogens is 2. The van der Waals surface area contributed by atoms with E-state index in [4.69, 9.17) is 24.5 Å².